The average molecular weight is 281 g/mol. The summed E-state index contributed by atoms with van der Waals surface area (Å²) < 4.78 is 0. The maximum Gasteiger partial charge on any atom is 0.261 e. The van der Waals surface area contributed by atoms with Crippen LogP contribution in [0.1, 0.15) is 46.9 Å². The molecule has 1 heterocycles. The van der Waals surface area contributed by atoms with Crippen LogP contribution in [-0.4, -0.2) is 23.3 Å². The van der Waals surface area contributed by atoms with E-state index >= 15 is 0 Å². The molecule has 0 radical (unpaired) electrons. The molecule has 0 unspecified atom stereocenters. The third-order valence-electron chi connectivity index (χ3n) is 4.44. The van der Waals surface area contributed by atoms with Gasteiger partial charge in [0.1, 0.15) is 0 Å². The molecule has 1 aromatic carbocycles. The Morgan fingerprint density at radius 3 is 2.33 bits per heavy atom. The molecule has 2 amide bonds. The van der Waals surface area contributed by atoms with Crippen molar-refractivity contribution >= 4 is 11.8 Å². The smallest absolute Gasteiger partial charge is 0.261 e. The SMILES string of the molecule is C=C(C)[C@H]1CC=C(CN2C(=O)c3ccccc3C2=O)CC1. The number of benzene rings is 1. The van der Waals surface area contributed by atoms with Crippen molar-refractivity contribution in [3.05, 3.63) is 59.2 Å². The number of amides is 2. The van der Waals surface area contributed by atoms with E-state index in [0.29, 0.717) is 23.6 Å². The largest absolute Gasteiger partial charge is 0.270 e. The molecule has 108 valence electrons. The number of fused-ring (bicyclic) bond motifs is 1. The van der Waals surface area contributed by atoms with E-state index < -0.39 is 0 Å². The molecular weight excluding hydrogens is 262 g/mol. The molecule has 0 saturated heterocycles. The first-order valence-electron chi connectivity index (χ1n) is 7.36. The first-order valence-corrected chi connectivity index (χ1v) is 7.36. The number of hydrogen-bond donors (Lipinski definition) is 0. The first kappa shape index (κ1) is 13.8. The number of carbonyl (C=O) groups is 2. The van der Waals surface area contributed by atoms with Gasteiger partial charge in [0.05, 0.1) is 17.7 Å². The Balaban J connectivity index is 1.75. The van der Waals surface area contributed by atoms with Crippen molar-refractivity contribution < 1.29 is 9.59 Å². The summed E-state index contributed by atoms with van der Waals surface area (Å²) in [6.07, 6.45) is 5.13. The van der Waals surface area contributed by atoms with Crippen LogP contribution in [0.4, 0.5) is 0 Å². The number of allylic oxidation sites excluding steroid dienone is 2. The molecule has 0 bridgehead atoms. The topological polar surface area (TPSA) is 37.4 Å². The van der Waals surface area contributed by atoms with Crippen molar-refractivity contribution in [2.75, 3.05) is 6.54 Å². The van der Waals surface area contributed by atoms with Crippen LogP contribution in [-0.2, 0) is 0 Å². The van der Waals surface area contributed by atoms with E-state index in [1.165, 1.54) is 16.0 Å². The summed E-state index contributed by atoms with van der Waals surface area (Å²) in [7, 11) is 0. The summed E-state index contributed by atoms with van der Waals surface area (Å²) in [5, 5.41) is 0. The van der Waals surface area contributed by atoms with Crippen molar-refractivity contribution in [2.24, 2.45) is 5.92 Å². The zero-order chi connectivity index (χ0) is 15.0. The second kappa shape index (κ2) is 5.32. The summed E-state index contributed by atoms with van der Waals surface area (Å²) in [6, 6.07) is 7.04. The van der Waals surface area contributed by atoms with E-state index in [9.17, 15) is 9.59 Å². The molecule has 21 heavy (non-hydrogen) atoms. The second-order valence-corrected chi connectivity index (χ2v) is 5.92. The molecule has 0 saturated carbocycles. The van der Waals surface area contributed by atoms with Gasteiger partial charge in [-0.3, -0.25) is 14.5 Å². The highest BCUT2D eigenvalue weighted by molar-refractivity contribution is 6.21. The van der Waals surface area contributed by atoms with E-state index in [2.05, 4.69) is 19.6 Å². The third kappa shape index (κ3) is 2.44. The zero-order valence-electron chi connectivity index (χ0n) is 12.3. The van der Waals surface area contributed by atoms with Crippen LogP contribution >= 0.6 is 0 Å². The van der Waals surface area contributed by atoms with Crippen LogP contribution in [0.3, 0.4) is 0 Å². The monoisotopic (exact) mass is 281 g/mol. The zero-order valence-corrected chi connectivity index (χ0v) is 12.3. The van der Waals surface area contributed by atoms with Gasteiger partial charge in [-0.25, -0.2) is 0 Å². The second-order valence-electron chi connectivity index (χ2n) is 5.92. The fourth-order valence-corrected chi connectivity index (χ4v) is 3.07. The maximum atomic E-state index is 12.3. The molecule has 3 heteroatoms. The van der Waals surface area contributed by atoms with Gasteiger partial charge in [0.25, 0.3) is 11.8 Å². The Kier molecular flexibility index (Phi) is 3.50. The van der Waals surface area contributed by atoms with Crippen molar-refractivity contribution in [3.63, 3.8) is 0 Å². The number of hydrogen-bond acceptors (Lipinski definition) is 2. The van der Waals surface area contributed by atoms with Gasteiger partial charge in [0.2, 0.25) is 0 Å². The van der Waals surface area contributed by atoms with Crippen molar-refractivity contribution in [1.82, 2.24) is 4.90 Å². The minimum atomic E-state index is -0.168. The number of imide groups is 1. The minimum absolute atomic E-state index is 0.168. The highest BCUT2D eigenvalue weighted by Crippen LogP contribution is 2.30. The molecule has 0 spiro atoms. The van der Waals surface area contributed by atoms with Gasteiger partial charge in [-0.2, -0.15) is 0 Å². The Morgan fingerprint density at radius 1 is 1.24 bits per heavy atom. The van der Waals surface area contributed by atoms with Crippen LogP contribution in [0.25, 0.3) is 0 Å². The molecule has 1 atom stereocenters. The average Bonchev–Trinajstić information content (AvgIpc) is 2.73. The Labute approximate surface area is 125 Å². The van der Waals surface area contributed by atoms with Crippen LogP contribution in [0.2, 0.25) is 0 Å². The lowest BCUT2D eigenvalue weighted by Crippen LogP contribution is -2.32. The molecule has 0 fully saturated rings. The van der Waals surface area contributed by atoms with Crippen LogP contribution in [0.5, 0.6) is 0 Å². The lowest BCUT2D eigenvalue weighted by molar-refractivity contribution is 0.0666. The van der Waals surface area contributed by atoms with E-state index in [1.54, 1.807) is 24.3 Å². The Hall–Kier alpha value is -2.16. The Bertz CT molecular complexity index is 622. The van der Waals surface area contributed by atoms with Crippen molar-refractivity contribution in [2.45, 2.75) is 26.2 Å². The lowest BCUT2D eigenvalue weighted by Gasteiger charge is -2.24. The van der Waals surface area contributed by atoms with E-state index in [4.69, 9.17) is 0 Å². The highest BCUT2D eigenvalue weighted by atomic mass is 16.2. The molecule has 0 N–H and O–H groups in total. The predicted octanol–water partition coefficient (Wildman–Crippen LogP) is 3.59. The molecular formula is C18H19NO2. The van der Waals surface area contributed by atoms with Crippen LogP contribution in [0.15, 0.2) is 48.1 Å². The van der Waals surface area contributed by atoms with Crippen LogP contribution in [0, 0.1) is 5.92 Å². The summed E-state index contributed by atoms with van der Waals surface area (Å²) in [6.45, 7) is 6.50. The summed E-state index contributed by atoms with van der Waals surface area (Å²) >= 11 is 0. The van der Waals surface area contributed by atoms with Gasteiger partial charge in [-0.05, 0) is 44.2 Å². The van der Waals surface area contributed by atoms with Gasteiger partial charge in [0.15, 0.2) is 0 Å². The Morgan fingerprint density at radius 2 is 1.86 bits per heavy atom. The third-order valence-corrected chi connectivity index (χ3v) is 4.44. The molecule has 1 aromatic rings. The lowest BCUT2D eigenvalue weighted by atomic mass is 9.85. The van der Waals surface area contributed by atoms with E-state index in [1.807, 2.05) is 0 Å². The van der Waals surface area contributed by atoms with Crippen molar-refractivity contribution in [3.8, 4) is 0 Å². The highest BCUT2D eigenvalue weighted by Gasteiger charge is 2.35. The normalized spacial score (nSPS) is 21.3. The number of carbonyl (C=O) groups excluding carboxylic acids is 2. The van der Waals surface area contributed by atoms with Gasteiger partial charge >= 0.3 is 0 Å². The maximum absolute atomic E-state index is 12.3. The fraction of sp³-hybridized carbons (Fsp3) is 0.333. The van der Waals surface area contributed by atoms with Crippen molar-refractivity contribution in [1.29, 1.82) is 0 Å². The van der Waals surface area contributed by atoms with Gasteiger partial charge < -0.3 is 0 Å². The number of rotatable bonds is 3. The quantitative estimate of drug-likeness (QED) is 0.627. The molecule has 3 rings (SSSR count). The molecule has 1 aliphatic carbocycles. The molecule has 1 aliphatic heterocycles. The summed E-state index contributed by atoms with van der Waals surface area (Å²) in [4.78, 5) is 26.0. The minimum Gasteiger partial charge on any atom is -0.270 e. The summed E-state index contributed by atoms with van der Waals surface area (Å²) in [5.74, 6) is 0.202. The molecule has 0 aromatic heterocycles. The molecule has 3 nitrogen and oxygen atoms in total. The fourth-order valence-electron chi connectivity index (χ4n) is 3.07. The van der Waals surface area contributed by atoms with Gasteiger partial charge in [-0.1, -0.05) is 35.9 Å². The van der Waals surface area contributed by atoms with Gasteiger partial charge in [0, 0.05) is 0 Å². The number of nitrogens with zero attached hydrogens (tertiary/aromatic N) is 1. The van der Waals surface area contributed by atoms with Gasteiger partial charge in [-0.15, -0.1) is 0 Å². The molecule has 2 aliphatic rings. The van der Waals surface area contributed by atoms with E-state index in [-0.39, 0.29) is 11.8 Å². The van der Waals surface area contributed by atoms with E-state index in [0.717, 1.165) is 19.3 Å². The van der Waals surface area contributed by atoms with Crippen LogP contribution < -0.4 is 0 Å². The predicted molar refractivity (Wildman–Crippen MR) is 82.0 cm³/mol. The standard InChI is InChI=1S/C18H19NO2/c1-12(2)14-9-7-13(8-10-14)11-19-17(20)15-5-3-4-6-16(15)18(19)21/h3-7,14H,1,8-11H2,2H3/t14-/m0/s1. The summed E-state index contributed by atoms with van der Waals surface area (Å²) in [5.41, 5.74) is 3.45. The first-order chi connectivity index (χ1) is 10.1.